The molecule has 4 heteroatoms. The van der Waals surface area contributed by atoms with E-state index < -0.39 is 0 Å². The maximum Gasteiger partial charge on any atom is 0.119 e. The van der Waals surface area contributed by atoms with Gasteiger partial charge in [-0.2, -0.15) is 0 Å². The minimum Gasteiger partial charge on any atom is -0.492 e. The van der Waals surface area contributed by atoms with Crippen LogP contribution >= 0.6 is 11.3 Å². The summed E-state index contributed by atoms with van der Waals surface area (Å²) in [4.78, 5) is 5.49. The summed E-state index contributed by atoms with van der Waals surface area (Å²) in [6.07, 6.45) is 1.93. The third kappa shape index (κ3) is 4.13. The molecule has 0 bridgehead atoms. The topological polar surface area (TPSA) is 34.1 Å². The van der Waals surface area contributed by atoms with Crippen molar-refractivity contribution < 1.29 is 4.74 Å². The van der Waals surface area contributed by atoms with Crippen molar-refractivity contribution in [3.05, 3.63) is 45.9 Å². The van der Waals surface area contributed by atoms with Gasteiger partial charge in [-0.05, 0) is 31.5 Å². The molecule has 2 aromatic rings. The van der Waals surface area contributed by atoms with Crippen molar-refractivity contribution in [2.75, 3.05) is 13.2 Å². The number of hydrogen-bond donors (Lipinski definition) is 1. The number of nitrogens with one attached hydrogen (secondary N) is 1. The summed E-state index contributed by atoms with van der Waals surface area (Å²) in [6, 6.07) is 8.11. The fourth-order valence-electron chi connectivity index (χ4n) is 1.64. The average molecular weight is 262 g/mol. The third-order valence-corrected chi connectivity index (χ3v) is 3.42. The normalized spacial score (nSPS) is 10.6. The van der Waals surface area contributed by atoms with E-state index in [1.807, 2.05) is 31.3 Å². The fraction of sp³-hybridized carbons (Fsp3) is 0.357. The summed E-state index contributed by atoms with van der Waals surface area (Å²) < 4.78 is 5.66. The second kappa shape index (κ2) is 6.52. The standard InChI is InChI=1S/C14H18N2OS/c1-11-4-3-5-13(8-11)17-7-6-15-9-14-10-16-12(2)18-14/h3-5,8,10,15H,6-7,9H2,1-2H3. The van der Waals surface area contributed by atoms with Crippen LogP contribution in [0.3, 0.4) is 0 Å². The number of rotatable bonds is 6. The highest BCUT2D eigenvalue weighted by molar-refractivity contribution is 7.11. The maximum atomic E-state index is 5.66. The van der Waals surface area contributed by atoms with Gasteiger partial charge in [0.15, 0.2) is 0 Å². The molecule has 1 N–H and O–H groups in total. The summed E-state index contributed by atoms with van der Waals surface area (Å²) in [6.45, 7) is 6.47. The number of aryl methyl sites for hydroxylation is 2. The minimum atomic E-state index is 0.682. The Balaban J connectivity index is 1.64. The quantitative estimate of drug-likeness (QED) is 0.813. The Kier molecular flexibility index (Phi) is 4.73. The lowest BCUT2D eigenvalue weighted by Gasteiger charge is -2.07. The zero-order valence-electron chi connectivity index (χ0n) is 10.8. The van der Waals surface area contributed by atoms with Crippen LogP contribution in [0.4, 0.5) is 0 Å². The van der Waals surface area contributed by atoms with E-state index in [9.17, 15) is 0 Å². The molecule has 0 unspecified atom stereocenters. The molecule has 18 heavy (non-hydrogen) atoms. The van der Waals surface area contributed by atoms with Crippen LogP contribution in [-0.2, 0) is 6.54 Å². The molecule has 2 rings (SSSR count). The lowest BCUT2D eigenvalue weighted by atomic mass is 10.2. The lowest BCUT2D eigenvalue weighted by Crippen LogP contribution is -2.20. The highest BCUT2D eigenvalue weighted by Gasteiger charge is 1.97. The molecule has 0 aliphatic rings. The van der Waals surface area contributed by atoms with Crippen molar-refractivity contribution in [3.8, 4) is 5.75 Å². The molecule has 0 fully saturated rings. The van der Waals surface area contributed by atoms with E-state index in [-0.39, 0.29) is 0 Å². The first-order valence-electron chi connectivity index (χ1n) is 6.05. The monoisotopic (exact) mass is 262 g/mol. The number of benzene rings is 1. The Labute approximate surface area is 112 Å². The molecular formula is C14H18N2OS. The number of thiazole rings is 1. The molecule has 0 aliphatic carbocycles. The second-order valence-corrected chi connectivity index (χ2v) is 5.51. The van der Waals surface area contributed by atoms with Gasteiger partial charge in [-0.25, -0.2) is 4.98 Å². The van der Waals surface area contributed by atoms with E-state index in [4.69, 9.17) is 4.74 Å². The van der Waals surface area contributed by atoms with E-state index >= 15 is 0 Å². The molecule has 0 amide bonds. The van der Waals surface area contributed by atoms with Crippen LogP contribution in [0, 0.1) is 13.8 Å². The summed E-state index contributed by atoms with van der Waals surface area (Å²) in [5, 5.41) is 4.46. The Bertz CT molecular complexity index is 496. The molecule has 1 aromatic heterocycles. The summed E-state index contributed by atoms with van der Waals surface area (Å²) >= 11 is 1.73. The third-order valence-electron chi connectivity index (χ3n) is 2.51. The smallest absolute Gasteiger partial charge is 0.119 e. The van der Waals surface area contributed by atoms with Crippen LogP contribution in [-0.4, -0.2) is 18.1 Å². The molecule has 0 saturated heterocycles. The van der Waals surface area contributed by atoms with Crippen LogP contribution < -0.4 is 10.1 Å². The van der Waals surface area contributed by atoms with Gasteiger partial charge in [0.1, 0.15) is 12.4 Å². The van der Waals surface area contributed by atoms with E-state index in [0.29, 0.717) is 6.61 Å². The van der Waals surface area contributed by atoms with Gasteiger partial charge in [0.2, 0.25) is 0 Å². The number of ether oxygens (including phenoxy) is 1. The number of aromatic nitrogens is 1. The fourth-order valence-corrected chi connectivity index (χ4v) is 2.41. The molecule has 0 saturated carbocycles. The highest BCUT2D eigenvalue weighted by atomic mass is 32.1. The predicted octanol–water partition coefficient (Wildman–Crippen LogP) is 2.93. The van der Waals surface area contributed by atoms with Crippen molar-refractivity contribution in [3.63, 3.8) is 0 Å². The van der Waals surface area contributed by atoms with E-state index in [1.54, 1.807) is 11.3 Å². The van der Waals surface area contributed by atoms with Gasteiger partial charge in [-0.15, -0.1) is 11.3 Å². The molecule has 3 nitrogen and oxygen atoms in total. The maximum absolute atomic E-state index is 5.66. The Morgan fingerprint density at radius 2 is 2.22 bits per heavy atom. The van der Waals surface area contributed by atoms with Gasteiger partial charge in [0, 0.05) is 24.2 Å². The average Bonchev–Trinajstić information content (AvgIpc) is 2.75. The Morgan fingerprint density at radius 3 is 2.94 bits per heavy atom. The van der Waals surface area contributed by atoms with Crippen molar-refractivity contribution >= 4 is 11.3 Å². The van der Waals surface area contributed by atoms with Crippen molar-refractivity contribution in [2.45, 2.75) is 20.4 Å². The van der Waals surface area contributed by atoms with Crippen molar-refractivity contribution in [1.29, 1.82) is 0 Å². The van der Waals surface area contributed by atoms with Crippen LogP contribution in [0.15, 0.2) is 30.5 Å². The second-order valence-electron chi connectivity index (χ2n) is 4.19. The van der Waals surface area contributed by atoms with Gasteiger partial charge in [-0.1, -0.05) is 12.1 Å². The Morgan fingerprint density at radius 1 is 1.33 bits per heavy atom. The number of hydrogen-bond acceptors (Lipinski definition) is 4. The molecule has 0 aliphatic heterocycles. The minimum absolute atomic E-state index is 0.682. The van der Waals surface area contributed by atoms with Gasteiger partial charge in [0.05, 0.1) is 5.01 Å². The predicted molar refractivity (Wildman–Crippen MR) is 75.2 cm³/mol. The summed E-state index contributed by atoms with van der Waals surface area (Å²) in [5.41, 5.74) is 1.22. The van der Waals surface area contributed by atoms with Crippen LogP contribution in [0.1, 0.15) is 15.4 Å². The zero-order valence-corrected chi connectivity index (χ0v) is 11.6. The first-order valence-corrected chi connectivity index (χ1v) is 6.87. The zero-order chi connectivity index (χ0) is 12.8. The first-order chi connectivity index (χ1) is 8.74. The molecular weight excluding hydrogens is 244 g/mol. The van der Waals surface area contributed by atoms with Crippen LogP contribution in [0.2, 0.25) is 0 Å². The highest BCUT2D eigenvalue weighted by Crippen LogP contribution is 2.12. The van der Waals surface area contributed by atoms with E-state index in [0.717, 1.165) is 23.8 Å². The molecule has 0 atom stereocenters. The molecule has 1 aromatic carbocycles. The van der Waals surface area contributed by atoms with Gasteiger partial charge in [-0.3, -0.25) is 0 Å². The summed E-state index contributed by atoms with van der Waals surface area (Å²) in [7, 11) is 0. The molecule has 0 spiro atoms. The molecule has 1 heterocycles. The van der Waals surface area contributed by atoms with Gasteiger partial charge in [0.25, 0.3) is 0 Å². The van der Waals surface area contributed by atoms with E-state index in [2.05, 4.69) is 23.3 Å². The molecule has 96 valence electrons. The SMILES string of the molecule is Cc1cccc(OCCNCc2cnc(C)s2)c1. The van der Waals surface area contributed by atoms with Gasteiger partial charge < -0.3 is 10.1 Å². The van der Waals surface area contributed by atoms with E-state index in [1.165, 1.54) is 10.4 Å². The molecule has 0 radical (unpaired) electrons. The lowest BCUT2D eigenvalue weighted by molar-refractivity contribution is 0.313. The summed E-state index contributed by atoms with van der Waals surface area (Å²) in [5.74, 6) is 0.936. The van der Waals surface area contributed by atoms with Crippen molar-refractivity contribution in [2.24, 2.45) is 0 Å². The van der Waals surface area contributed by atoms with Crippen LogP contribution in [0.5, 0.6) is 5.75 Å². The number of nitrogens with zero attached hydrogens (tertiary/aromatic N) is 1. The van der Waals surface area contributed by atoms with Crippen molar-refractivity contribution in [1.82, 2.24) is 10.3 Å². The van der Waals surface area contributed by atoms with Gasteiger partial charge >= 0.3 is 0 Å². The Hall–Kier alpha value is -1.39. The first kappa shape index (κ1) is 13.1. The van der Waals surface area contributed by atoms with Crippen LogP contribution in [0.25, 0.3) is 0 Å². The largest absolute Gasteiger partial charge is 0.492 e.